The fourth-order valence-electron chi connectivity index (χ4n) is 14.8. The van der Waals surface area contributed by atoms with Crippen LogP contribution in [0, 0.1) is 29.6 Å². The minimum atomic E-state index is -1.71. The molecule has 0 heterocycles. The molecule has 0 bridgehead atoms. The molecule has 0 aromatic heterocycles. The number of amides is 9. The molecule has 4 aliphatic rings. The van der Waals surface area contributed by atoms with E-state index >= 15 is 0 Å². The van der Waals surface area contributed by atoms with Crippen molar-refractivity contribution in [2.24, 2.45) is 57.7 Å². The first-order valence-electron chi connectivity index (χ1n) is 33.8. The van der Waals surface area contributed by atoms with Crippen LogP contribution in [0.2, 0.25) is 0 Å². The summed E-state index contributed by atoms with van der Waals surface area (Å²) in [4.78, 5) is 186. The highest BCUT2D eigenvalue weighted by molar-refractivity contribution is 5.99. The Bertz CT molecular complexity index is 3420. The Hall–Kier alpha value is -10.0. The Kier molecular flexibility index (Phi) is 30.9. The van der Waals surface area contributed by atoms with E-state index in [4.69, 9.17) is 27.8 Å². The van der Waals surface area contributed by atoms with Crippen LogP contribution < -0.4 is 38.9 Å². The number of carbonyl (C=O) groups excluding carboxylic acids is 8. The van der Waals surface area contributed by atoms with Crippen molar-refractivity contribution in [1.29, 1.82) is 0 Å². The largest absolute Gasteiger partial charge is 0.480 e. The number of primary amides is 4. The van der Waals surface area contributed by atoms with E-state index in [2.05, 4.69) is 27.2 Å². The maximum absolute atomic E-state index is 14.3. The zero-order chi connectivity index (χ0) is 75.8. The van der Waals surface area contributed by atoms with E-state index in [9.17, 15) is 103 Å². The Morgan fingerprint density at radius 2 is 1.06 bits per heavy atom. The molecule has 0 aliphatic heterocycles. The van der Waals surface area contributed by atoms with Crippen molar-refractivity contribution >= 4 is 100 Å². The molecular formula is C67H94N14O22. The highest BCUT2D eigenvalue weighted by Gasteiger charge is 2.57. The molecule has 3 fully saturated rings. The third-order valence-electron chi connectivity index (χ3n) is 19.3. The first kappa shape index (κ1) is 82.0. The van der Waals surface area contributed by atoms with Crippen LogP contribution in [0.25, 0.3) is 0 Å². The summed E-state index contributed by atoms with van der Waals surface area (Å²) >= 11 is 0. The number of urea groups is 1. The number of allylic oxidation sites excluding steroid dienone is 2. The van der Waals surface area contributed by atoms with E-state index in [-0.39, 0.29) is 99.4 Å². The average Bonchev–Trinajstić information content (AvgIpc) is 1.59. The molecule has 2 aromatic rings. The number of nitrogens with two attached hydrogens (primary N) is 4. The molecule has 18 N–H and O–H groups in total. The summed E-state index contributed by atoms with van der Waals surface area (Å²) in [6, 6.07) is 7.50. The molecule has 9 unspecified atom stereocenters. The highest BCUT2D eigenvalue weighted by Crippen LogP contribution is 2.59. The molecule has 9 amide bonds. The van der Waals surface area contributed by atoms with Gasteiger partial charge in [0.1, 0.15) is 18.2 Å². The van der Waals surface area contributed by atoms with E-state index in [0.717, 1.165) is 38.5 Å². The van der Waals surface area contributed by atoms with E-state index in [0.29, 0.717) is 53.4 Å². The molecule has 6 rings (SSSR count). The van der Waals surface area contributed by atoms with Gasteiger partial charge in [-0.25, -0.2) is 14.5 Å². The van der Waals surface area contributed by atoms with Crippen molar-refractivity contribution in [3.05, 3.63) is 71.3 Å². The minimum absolute atomic E-state index is 0.0155. The van der Waals surface area contributed by atoms with Gasteiger partial charge in [-0.3, -0.25) is 82.0 Å². The number of benzene rings is 2. The number of hydrogen-bond donors (Lipinski definition) is 14. The van der Waals surface area contributed by atoms with Gasteiger partial charge in [-0.15, -0.1) is 0 Å². The van der Waals surface area contributed by atoms with Crippen molar-refractivity contribution in [3.8, 4) is 0 Å². The van der Waals surface area contributed by atoms with Gasteiger partial charge < -0.3 is 79.5 Å². The van der Waals surface area contributed by atoms with Gasteiger partial charge in [-0.1, -0.05) is 35.0 Å². The number of fused-ring (bicyclic) bond motifs is 5. The monoisotopic (exact) mass is 1450 g/mol. The molecule has 36 heteroatoms. The number of aliphatic hydroxyl groups is 1. The number of rotatable bonds is 44. The summed E-state index contributed by atoms with van der Waals surface area (Å²) in [5, 5.41) is 81.9. The van der Waals surface area contributed by atoms with Crippen molar-refractivity contribution in [2.45, 2.75) is 114 Å². The Balaban J connectivity index is 1.17. The lowest BCUT2D eigenvalue weighted by atomic mass is 9.55. The fraction of sp³-hybridized carbons (Fsp3) is 0.567. The average molecular weight is 1450 g/mol. The number of Topliss-reactive ketones (excluding diaryl/α,β-unsaturated/α-hetero) is 1. The number of hydrogen-bond acceptors (Lipinski definition) is 22. The van der Waals surface area contributed by atoms with Crippen LogP contribution >= 0.6 is 0 Å². The van der Waals surface area contributed by atoms with E-state index in [1.54, 1.807) is 12.1 Å². The zero-order valence-electron chi connectivity index (χ0n) is 57.3. The minimum Gasteiger partial charge on any atom is -0.480 e. The number of carboxylic acid groups (broad SMARTS) is 6. The van der Waals surface area contributed by atoms with Crippen molar-refractivity contribution in [2.75, 3.05) is 109 Å². The van der Waals surface area contributed by atoms with Crippen LogP contribution in [-0.2, 0) is 75.2 Å². The van der Waals surface area contributed by atoms with Gasteiger partial charge in [0.2, 0.25) is 35.4 Å². The van der Waals surface area contributed by atoms with Gasteiger partial charge in [0.15, 0.2) is 5.78 Å². The smallest absolute Gasteiger partial charge is 0.415 e. The van der Waals surface area contributed by atoms with Crippen LogP contribution in [-0.4, -0.2) is 276 Å². The molecule has 103 heavy (non-hydrogen) atoms. The zero-order valence-corrected chi connectivity index (χ0v) is 57.3. The number of oxime groups is 1. The first-order valence-corrected chi connectivity index (χ1v) is 33.8. The molecule has 2 aromatic carbocycles. The molecule has 0 spiro atoms. The lowest BCUT2D eigenvalue weighted by Crippen LogP contribution is -2.52. The highest BCUT2D eigenvalue weighted by atomic mass is 16.6. The van der Waals surface area contributed by atoms with Crippen LogP contribution in [0.5, 0.6) is 0 Å². The van der Waals surface area contributed by atoms with Gasteiger partial charge in [-0.2, -0.15) is 0 Å². The first-order chi connectivity index (χ1) is 48.7. The van der Waals surface area contributed by atoms with Crippen molar-refractivity contribution < 1.29 is 108 Å². The van der Waals surface area contributed by atoms with E-state index < -0.39 is 160 Å². The predicted octanol–water partition coefficient (Wildman–Crippen LogP) is -0.936. The number of ketones is 1. The Morgan fingerprint density at radius 3 is 1.55 bits per heavy atom. The number of carboxylic acids is 5. The summed E-state index contributed by atoms with van der Waals surface area (Å²) in [5.74, 6) is -10.0. The number of nitrogens with one attached hydrogen (secondary N) is 3. The topological polar surface area (TPSA) is 562 Å². The molecule has 564 valence electrons. The molecular weight excluding hydrogens is 1350 g/mol. The Labute approximate surface area is 592 Å². The number of imide groups is 1. The lowest BCUT2D eigenvalue weighted by Gasteiger charge is -2.50. The summed E-state index contributed by atoms with van der Waals surface area (Å²) in [6.45, 7) is -5.45. The molecule has 36 nitrogen and oxygen atoms in total. The summed E-state index contributed by atoms with van der Waals surface area (Å²) in [5.41, 5.74) is 23.7. The molecule has 0 radical (unpaired) electrons. The SMILES string of the molecule is CC(=O)C1(O)CCC2C3CCC4=C/C(=N\OCCC(=O)NC(CCC(=O)Nc5ccc(CC(CN(CCN(CC(N)=O)CC(=O)O)CC(=O)O)N(CC(N)=O)CC(=O)O)cc5)C(=O)Nc5ccc(CC(CN(CCN(C(N)=O)C(=O)O)CC(=O)O)N(CC(N)=O)CC(=O)O)cc5)CCC4C3CCC21. The maximum Gasteiger partial charge on any atom is 0.415 e. The molecule has 0 saturated heterocycles. The number of aliphatic carboxylic acids is 5. The van der Waals surface area contributed by atoms with E-state index in [1.807, 2.05) is 0 Å². The van der Waals surface area contributed by atoms with E-state index in [1.165, 1.54) is 73.4 Å². The van der Waals surface area contributed by atoms with Crippen LogP contribution in [0.15, 0.2) is 65.3 Å². The van der Waals surface area contributed by atoms with Crippen LogP contribution in [0.4, 0.5) is 21.0 Å². The summed E-state index contributed by atoms with van der Waals surface area (Å²) < 4.78 is 0. The summed E-state index contributed by atoms with van der Waals surface area (Å²) in [6.07, 6.45) is 5.71. The third-order valence-corrected chi connectivity index (χ3v) is 19.3. The maximum atomic E-state index is 14.3. The summed E-state index contributed by atoms with van der Waals surface area (Å²) in [7, 11) is 0. The Morgan fingerprint density at radius 1 is 0.553 bits per heavy atom. The fourth-order valence-corrected chi connectivity index (χ4v) is 14.8. The third kappa shape index (κ3) is 26.1. The van der Waals surface area contributed by atoms with Crippen molar-refractivity contribution in [1.82, 2.24) is 34.7 Å². The van der Waals surface area contributed by atoms with Gasteiger partial charge in [0.25, 0.3) is 0 Å². The second-order valence-electron chi connectivity index (χ2n) is 26.7. The van der Waals surface area contributed by atoms with Crippen LogP contribution in [0.1, 0.15) is 88.7 Å². The normalized spacial score (nSPS) is 20.3. The standard InChI is InChI=1S/C67H94N14O22/c1-39(82)67(102)20-18-51-50-12-6-42-28-45(11-13-48(42)49(50)14-15-52(51)67)75-103-25-19-58(87)74-53(64(98)73-44-9-4-41(5-10-44)27-47(80(33-56(70)85)38-63(96)97)30-77(35-60(90)91)23-24-81(65(71)99)66(100)101)16-17-57(86)72-43-7-2-40(3-8-43)26-46(79(32-55(69)84)37-62(94)95)29-76(34-59(88)89)21-22-78(31-54(68)83)36-61(92)93/h2-5,7-10,28,46-53,102H,6,11-27,29-38H2,1H3,(H2,68,83)(H2,69,84)(H2,70,85)(H2,71,99)(H,72,86)(H,73,98)(H,74,87)(H,88,89)(H,90,91)(H,92,93)(H,94,95)(H,96,97)(H,100,101)/b75-45-. The van der Waals surface area contributed by atoms with Crippen molar-refractivity contribution in [3.63, 3.8) is 0 Å². The molecule has 4 aliphatic carbocycles. The molecule has 3 saturated carbocycles. The van der Waals surface area contributed by atoms with Gasteiger partial charge in [0, 0.05) is 69.1 Å². The van der Waals surface area contributed by atoms with Gasteiger partial charge in [0.05, 0.1) is 64.5 Å². The number of nitrogens with zero attached hydrogens (tertiary/aromatic N) is 7. The number of carbonyl (C=O) groups is 14. The predicted molar refractivity (Wildman–Crippen MR) is 365 cm³/mol. The van der Waals surface area contributed by atoms with Gasteiger partial charge in [-0.05, 0) is 149 Å². The lowest BCUT2D eigenvalue weighted by molar-refractivity contribution is -0.143. The molecule has 9 atom stereocenters. The second-order valence-corrected chi connectivity index (χ2v) is 26.7. The second kappa shape index (κ2) is 38.9. The van der Waals surface area contributed by atoms with Gasteiger partial charge >= 0.3 is 42.0 Å². The van der Waals surface area contributed by atoms with Crippen LogP contribution in [0.3, 0.4) is 0 Å². The quantitative estimate of drug-likeness (QED) is 0.0281. The number of anilines is 2.